The predicted octanol–water partition coefficient (Wildman–Crippen LogP) is 4.23. The van der Waals surface area contributed by atoms with Crippen molar-refractivity contribution in [3.05, 3.63) is 72.2 Å². The smallest absolute Gasteiger partial charge is 0.225 e. The van der Waals surface area contributed by atoms with Crippen LogP contribution in [0.25, 0.3) is 16.7 Å². The van der Waals surface area contributed by atoms with E-state index in [1.54, 1.807) is 13.4 Å². The summed E-state index contributed by atoms with van der Waals surface area (Å²) in [6, 6.07) is 15.9. The number of amides is 1. The SMILES string of the molecule is COc1ccc([C@@H](C)NC(=O)[C@H]2CCCN(c3ncnc4nn(-c5ccc(C)cc5)cc34)C2)cc1. The van der Waals surface area contributed by atoms with E-state index in [1.165, 1.54) is 5.56 Å². The molecule has 0 unspecified atom stereocenters. The lowest BCUT2D eigenvalue weighted by Gasteiger charge is -2.33. The zero-order chi connectivity index (χ0) is 24.4. The van der Waals surface area contributed by atoms with Crippen LogP contribution in [0.3, 0.4) is 0 Å². The molecule has 35 heavy (non-hydrogen) atoms. The quantitative estimate of drug-likeness (QED) is 0.454. The van der Waals surface area contributed by atoms with Crippen LogP contribution >= 0.6 is 0 Å². The molecule has 3 heterocycles. The number of ether oxygens (including phenoxy) is 1. The monoisotopic (exact) mass is 470 g/mol. The van der Waals surface area contributed by atoms with Gasteiger partial charge in [0.05, 0.1) is 30.1 Å². The number of rotatable bonds is 6. The third-order valence-corrected chi connectivity index (χ3v) is 6.66. The molecule has 0 bridgehead atoms. The molecule has 1 saturated heterocycles. The van der Waals surface area contributed by atoms with E-state index in [4.69, 9.17) is 4.74 Å². The van der Waals surface area contributed by atoms with Gasteiger partial charge < -0.3 is 15.0 Å². The number of carbonyl (C=O) groups is 1. The summed E-state index contributed by atoms with van der Waals surface area (Å²) in [4.78, 5) is 24.3. The second-order valence-electron chi connectivity index (χ2n) is 9.13. The summed E-state index contributed by atoms with van der Waals surface area (Å²) >= 11 is 0. The van der Waals surface area contributed by atoms with Crippen molar-refractivity contribution in [2.75, 3.05) is 25.1 Å². The van der Waals surface area contributed by atoms with Gasteiger partial charge in [0.15, 0.2) is 5.65 Å². The lowest BCUT2D eigenvalue weighted by molar-refractivity contribution is -0.125. The first-order valence-electron chi connectivity index (χ1n) is 12.0. The van der Waals surface area contributed by atoms with Gasteiger partial charge in [-0.1, -0.05) is 29.8 Å². The molecular weight excluding hydrogens is 440 g/mol. The third kappa shape index (κ3) is 4.82. The van der Waals surface area contributed by atoms with E-state index in [2.05, 4.69) is 44.3 Å². The van der Waals surface area contributed by atoms with Crippen molar-refractivity contribution < 1.29 is 9.53 Å². The van der Waals surface area contributed by atoms with E-state index in [9.17, 15) is 4.79 Å². The van der Waals surface area contributed by atoms with Gasteiger partial charge in [0.25, 0.3) is 0 Å². The minimum absolute atomic E-state index is 0.0682. The predicted molar refractivity (Wildman–Crippen MR) is 136 cm³/mol. The fraction of sp³-hybridized carbons (Fsp3) is 0.333. The van der Waals surface area contributed by atoms with E-state index in [-0.39, 0.29) is 17.9 Å². The van der Waals surface area contributed by atoms with Crippen molar-refractivity contribution in [3.63, 3.8) is 0 Å². The van der Waals surface area contributed by atoms with Crippen LogP contribution in [0.2, 0.25) is 0 Å². The summed E-state index contributed by atoms with van der Waals surface area (Å²) in [6.45, 7) is 5.53. The molecule has 8 heteroatoms. The number of nitrogens with zero attached hydrogens (tertiary/aromatic N) is 5. The number of aryl methyl sites for hydroxylation is 1. The number of benzene rings is 2. The Bertz CT molecular complexity index is 1320. The highest BCUT2D eigenvalue weighted by Gasteiger charge is 2.29. The summed E-state index contributed by atoms with van der Waals surface area (Å²) in [5.74, 6) is 1.59. The zero-order valence-corrected chi connectivity index (χ0v) is 20.3. The molecule has 2 aromatic heterocycles. The number of hydrogen-bond acceptors (Lipinski definition) is 6. The van der Waals surface area contributed by atoms with Crippen LogP contribution in [-0.4, -0.2) is 45.9 Å². The van der Waals surface area contributed by atoms with Crippen LogP contribution in [0, 0.1) is 12.8 Å². The fourth-order valence-corrected chi connectivity index (χ4v) is 4.60. The summed E-state index contributed by atoms with van der Waals surface area (Å²) < 4.78 is 7.07. The maximum Gasteiger partial charge on any atom is 0.225 e. The topological polar surface area (TPSA) is 85.2 Å². The molecule has 0 spiro atoms. The van der Waals surface area contributed by atoms with Gasteiger partial charge in [-0.3, -0.25) is 4.79 Å². The van der Waals surface area contributed by atoms with Crippen molar-refractivity contribution in [1.82, 2.24) is 25.1 Å². The number of fused-ring (bicyclic) bond motifs is 1. The van der Waals surface area contributed by atoms with Gasteiger partial charge in [-0.15, -0.1) is 5.10 Å². The average molecular weight is 471 g/mol. The van der Waals surface area contributed by atoms with Crippen molar-refractivity contribution in [2.45, 2.75) is 32.7 Å². The molecular formula is C27H30N6O2. The lowest BCUT2D eigenvalue weighted by Crippen LogP contribution is -2.44. The first-order chi connectivity index (χ1) is 17.0. The average Bonchev–Trinajstić information content (AvgIpc) is 3.33. The van der Waals surface area contributed by atoms with Crippen LogP contribution in [-0.2, 0) is 4.79 Å². The molecule has 1 aliphatic rings. The molecule has 180 valence electrons. The minimum Gasteiger partial charge on any atom is -0.497 e. The van der Waals surface area contributed by atoms with Gasteiger partial charge in [-0.2, -0.15) is 0 Å². The first-order valence-corrected chi connectivity index (χ1v) is 12.0. The number of hydrogen-bond donors (Lipinski definition) is 1. The fourth-order valence-electron chi connectivity index (χ4n) is 4.60. The number of anilines is 1. The molecule has 0 radical (unpaired) electrons. The van der Waals surface area contributed by atoms with Gasteiger partial charge in [-0.05, 0) is 56.5 Å². The highest BCUT2D eigenvalue weighted by Crippen LogP contribution is 2.28. The third-order valence-electron chi connectivity index (χ3n) is 6.66. The van der Waals surface area contributed by atoms with Crippen LogP contribution in [0.1, 0.15) is 36.9 Å². The molecule has 1 N–H and O–H groups in total. The Balaban J connectivity index is 1.32. The number of nitrogens with one attached hydrogen (secondary N) is 1. The molecule has 1 fully saturated rings. The molecule has 1 amide bonds. The van der Waals surface area contributed by atoms with Crippen molar-refractivity contribution >= 4 is 22.8 Å². The molecule has 8 nitrogen and oxygen atoms in total. The molecule has 0 aliphatic carbocycles. The van der Waals surface area contributed by atoms with Gasteiger partial charge in [-0.25, -0.2) is 14.6 Å². The Labute approximate surface area is 205 Å². The number of carbonyl (C=O) groups excluding carboxylic acids is 1. The second-order valence-corrected chi connectivity index (χ2v) is 9.13. The Morgan fingerprint density at radius 3 is 2.63 bits per heavy atom. The largest absolute Gasteiger partial charge is 0.497 e. The Morgan fingerprint density at radius 2 is 1.89 bits per heavy atom. The minimum atomic E-state index is -0.110. The maximum absolute atomic E-state index is 13.2. The standard InChI is InChI=1S/C27H30N6O2/c1-18-6-10-22(11-7-18)33-16-24-25(31-33)28-17-29-26(24)32-14-4-5-21(15-32)27(34)30-19(2)20-8-12-23(35-3)13-9-20/h6-13,16-17,19,21H,4-5,14-15H2,1-3H3,(H,30,34)/t19-,21+/m1/s1. The highest BCUT2D eigenvalue weighted by atomic mass is 16.5. The van der Waals surface area contributed by atoms with E-state index >= 15 is 0 Å². The summed E-state index contributed by atoms with van der Waals surface area (Å²) in [5, 5.41) is 8.73. The van der Waals surface area contributed by atoms with Crippen LogP contribution in [0.5, 0.6) is 5.75 Å². The van der Waals surface area contributed by atoms with Crippen LogP contribution in [0.4, 0.5) is 5.82 Å². The number of methoxy groups -OCH3 is 1. The summed E-state index contributed by atoms with van der Waals surface area (Å²) in [7, 11) is 1.65. The number of aromatic nitrogens is 4. The summed E-state index contributed by atoms with van der Waals surface area (Å²) in [6.07, 6.45) is 5.31. The second kappa shape index (κ2) is 9.74. The lowest BCUT2D eigenvalue weighted by atomic mass is 9.96. The normalized spacial score (nSPS) is 16.8. The Kier molecular flexibility index (Phi) is 6.35. The molecule has 4 aromatic rings. The van der Waals surface area contributed by atoms with Gasteiger partial charge >= 0.3 is 0 Å². The molecule has 2 atom stereocenters. The van der Waals surface area contributed by atoms with E-state index in [1.807, 2.05) is 54.2 Å². The van der Waals surface area contributed by atoms with Crippen molar-refractivity contribution in [3.8, 4) is 11.4 Å². The first kappa shape index (κ1) is 22.8. The van der Waals surface area contributed by atoms with E-state index in [0.29, 0.717) is 12.2 Å². The van der Waals surface area contributed by atoms with Gasteiger partial charge in [0.2, 0.25) is 5.91 Å². The van der Waals surface area contributed by atoms with Crippen molar-refractivity contribution in [2.24, 2.45) is 5.92 Å². The Hall–Kier alpha value is -3.94. The zero-order valence-electron chi connectivity index (χ0n) is 20.3. The van der Waals surface area contributed by atoms with Crippen LogP contribution in [0.15, 0.2) is 61.1 Å². The maximum atomic E-state index is 13.2. The highest BCUT2D eigenvalue weighted by molar-refractivity contribution is 5.87. The molecule has 0 saturated carbocycles. The number of piperidine rings is 1. The molecule has 5 rings (SSSR count). The molecule has 1 aliphatic heterocycles. The Morgan fingerprint density at radius 1 is 1.11 bits per heavy atom. The van der Waals surface area contributed by atoms with E-state index in [0.717, 1.165) is 47.6 Å². The molecule has 2 aromatic carbocycles. The summed E-state index contributed by atoms with van der Waals surface area (Å²) in [5.41, 5.74) is 3.87. The van der Waals surface area contributed by atoms with Crippen LogP contribution < -0.4 is 15.0 Å². The van der Waals surface area contributed by atoms with Crippen molar-refractivity contribution in [1.29, 1.82) is 0 Å². The van der Waals surface area contributed by atoms with E-state index < -0.39 is 0 Å². The van der Waals surface area contributed by atoms with Gasteiger partial charge in [0.1, 0.15) is 17.9 Å². The van der Waals surface area contributed by atoms with Gasteiger partial charge in [0, 0.05) is 19.3 Å².